The summed E-state index contributed by atoms with van der Waals surface area (Å²) in [4.78, 5) is 0. The molecule has 0 aromatic heterocycles. The first-order chi connectivity index (χ1) is 29.8. The second-order valence-corrected chi connectivity index (χ2v) is 18.4. The van der Waals surface area contributed by atoms with Crippen LogP contribution in [0.1, 0.15) is 257 Å². The fraction of sp³-hybridized carbons (Fsp3) is 0.667. The highest BCUT2D eigenvalue weighted by Crippen LogP contribution is 2.16. The summed E-state index contributed by atoms with van der Waals surface area (Å²) >= 11 is 0. The molecule has 0 nitrogen and oxygen atoms in total. The molecule has 0 bridgehead atoms. The zero-order valence-electron chi connectivity index (χ0n) is 39.8. The van der Waals surface area contributed by atoms with E-state index in [9.17, 15) is 0 Å². The van der Waals surface area contributed by atoms with Gasteiger partial charge in [-0.3, -0.25) is 0 Å². The summed E-state index contributed by atoms with van der Waals surface area (Å²) in [6, 6.07) is 12.2. The Bertz CT molecular complexity index is 1200. The number of rotatable bonds is 0. The van der Waals surface area contributed by atoms with Gasteiger partial charge < -0.3 is 0 Å². The van der Waals surface area contributed by atoms with E-state index in [1.807, 2.05) is 24.3 Å². The van der Waals surface area contributed by atoms with Crippen molar-refractivity contribution in [2.45, 2.75) is 257 Å². The monoisotopic (exact) mass is 819 g/mol. The van der Waals surface area contributed by atoms with Crippen LogP contribution < -0.4 is 10.4 Å². The van der Waals surface area contributed by atoms with Crippen LogP contribution in [0.25, 0.3) is 23.9 Å². The predicted octanol–water partition coefficient (Wildman–Crippen LogP) is 19.5. The molecule has 0 saturated heterocycles. The molecule has 0 heteroatoms. The third kappa shape index (κ3) is 34.0. The zero-order chi connectivity index (χ0) is 42.5. The number of benzene rings is 2. The number of fused-ring (bicyclic) bond motifs is 1. The van der Waals surface area contributed by atoms with Crippen molar-refractivity contribution in [2.24, 2.45) is 0 Å². The first kappa shape index (κ1) is 53.5. The minimum absolute atomic E-state index is 1.07. The first-order valence-corrected chi connectivity index (χ1v) is 26.5. The Kier molecular flexibility index (Phi) is 38.4. The largest absolute Gasteiger partial charge is 0.0911 e. The average Bonchev–Trinajstić information content (AvgIpc) is 3.24. The fourth-order valence-electron chi connectivity index (χ4n) is 8.71. The van der Waals surface area contributed by atoms with E-state index in [1.165, 1.54) is 268 Å². The minimum atomic E-state index is 1.07. The van der Waals surface area contributed by atoms with Gasteiger partial charge in [0, 0.05) is 0 Å². The predicted molar refractivity (Wildman–Crippen MR) is 275 cm³/mol. The van der Waals surface area contributed by atoms with Crippen LogP contribution in [0.4, 0.5) is 0 Å². The van der Waals surface area contributed by atoms with Crippen LogP contribution in [-0.4, -0.2) is 0 Å². The van der Waals surface area contributed by atoms with Crippen LogP contribution >= 0.6 is 0 Å². The molecule has 0 saturated carbocycles. The van der Waals surface area contributed by atoms with Crippen molar-refractivity contribution in [3.8, 4) is 0 Å². The van der Waals surface area contributed by atoms with Gasteiger partial charge in [0.2, 0.25) is 0 Å². The molecule has 0 unspecified atom stereocenters. The number of allylic oxidation sites excluding steroid dienone is 8. The van der Waals surface area contributed by atoms with Crippen LogP contribution in [0.3, 0.4) is 0 Å². The Labute approximate surface area is 374 Å². The molecule has 0 amide bonds. The van der Waals surface area contributed by atoms with Crippen molar-refractivity contribution in [3.63, 3.8) is 0 Å². The Morgan fingerprint density at radius 1 is 0.200 bits per heavy atom. The van der Waals surface area contributed by atoms with Gasteiger partial charge in [0.05, 0.1) is 0 Å². The second-order valence-electron chi connectivity index (χ2n) is 18.4. The third-order valence-corrected chi connectivity index (χ3v) is 12.7. The fourth-order valence-corrected chi connectivity index (χ4v) is 8.71. The summed E-state index contributed by atoms with van der Waals surface area (Å²) in [7, 11) is 0. The molecule has 0 atom stereocenters. The maximum atomic E-state index is 3.96. The van der Waals surface area contributed by atoms with Gasteiger partial charge in [0.1, 0.15) is 0 Å². The van der Waals surface area contributed by atoms with Crippen LogP contribution in [-0.2, 0) is 0 Å². The van der Waals surface area contributed by atoms with E-state index in [0.717, 1.165) is 10.4 Å². The molecular weight excluding hydrogens is 721 g/mol. The van der Waals surface area contributed by atoms with Gasteiger partial charge >= 0.3 is 0 Å². The normalized spacial score (nSPS) is 20.2. The Hall–Kier alpha value is -2.60. The number of hydrogen-bond acceptors (Lipinski definition) is 0. The van der Waals surface area contributed by atoms with Gasteiger partial charge in [-0.25, -0.2) is 0 Å². The molecular formula is C60H98. The van der Waals surface area contributed by atoms with Crippen LogP contribution in [0.2, 0.25) is 0 Å². The van der Waals surface area contributed by atoms with Crippen molar-refractivity contribution >= 4 is 23.9 Å². The lowest BCUT2D eigenvalue weighted by molar-refractivity contribution is 0.566. The second kappa shape index (κ2) is 43.1. The maximum Gasteiger partial charge on any atom is -0.0112 e. The molecule has 0 radical (unpaired) electrons. The zero-order valence-corrected chi connectivity index (χ0v) is 39.8. The van der Waals surface area contributed by atoms with Gasteiger partial charge in [-0.2, -0.15) is 0 Å². The van der Waals surface area contributed by atoms with E-state index in [-0.39, 0.29) is 0 Å². The highest BCUT2D eigenvalue weighted by Gasteiger charge is 1.97. The molecule has 4 aliphatic carbocycles. The lowest BCUT2D eigenvalue weighted by atomic mass is 10.0. The van der Waals surface area contributed by atoms with E-state index in [4.69, 9.17) is 0 Å². The molecule has 0 aliphatic heterocycles. The molecule has 6 rings (SSSR count). The van der Waals surface area contributed by atoms with E-state index in [1.54, 1.807) is 0 Å². The summed E-state index contributed by atoms with van der Waals surface area (Å²) in [5.41, 5.74) is 0. The van der Waals surface area contributed by atoms with Crippen molar-refractivity contribution < 1.29 is 0 Å². The minimum Gasteiger partial charge on any atom is -0.0911 e. The highest BCUT2D eigenvalue weighted by molar-refractivity contribution is 5.83. The third-order valence-electron chi connectivity index (χ3n) is 12.7. The van der Waals surface area contributed by atoms with Crippen molar-refractivity contribution in [1.82, 2.24) is 0 Å². The Morgan fingerprint density at radius 3 is 0.517 bits per heavy atom. The number of hydrogen-bond donors (Lipinski definition) is 0. The summed E-state index contributed by atoms with van der Waals surface area (Å²) in [5.74, 6) is 0. The molecule has 60 heavy (non-hydrogen) atoms. The summed E-state index contributed by atoms with van der Waals surface area (Å²) < 4.78 is 0. The molecule has 0 spiro atoms. The van der Waals surface area contributed by atoms with Gasteiger partial charge in [-0.15, -0.1) is 0 Å². The Morgan fingerprint density at radius 2 is 0.350 bits per heavy atom. The molecule has 0 fully saturated rings. The van der Waals surface area contributed by atoms with Crippen LogP contribution in [0.5, 0.6) is 0 Å². The maximum absolute atomic E-state index is 3.96. The summed E-state index contributed by atoms with van der Waals surface area (Å²) in [6.07, 6.45) is 76.0. The summed E-state index contributed by atoms with van der Waals surface area (Å²) in [5, 5.41) is 4.53. The lowest BCUT2D eigenvalue weighted by Gasteiger charge is -2.02. The molecule has 0 heterocycles. The first-order valence-electron chi connectivity index (χ1n) is 26.5. The molecule has 338 valence electrons. The highest BCUT2D eigenvalue weighted by atomic mass is 14.0. The van der Waals surface area contributed by atoms with Crippen LogP contribution in [0.15, 0.2) is 85.0 Å². The van der Waals surface area contributed by atoms with Gasteiger partial charge in [-0.1, -0.05) is 252 Å². The molecule has 0 N–H and O–H groups in total. The van der Waals surface area contributed by atoms with Crippen molar-refractivity contribution in [2.75, 3.05) is 0 Å². The standard InChI is InChI=1S/C12H10.4C12H22/c1-9-7-8-10(2)12-6-4-3-5-11(9)12;4*1-2-4-6-8-10-12-11-9-7-5-3-1/h3-8H,1-2H2;4*1-2H,3-12H2. The van der Waals surface area contributed by atoms with Crippen molar-refractivity contribution in [3.05, 3.63) is 95.4 Å². The van der Waals surface area contributed by atoms with Gasteiger partial charge in [-0.05, 0) is 124 Å². The van der Waals surface area contributed by atoms with E-state index in [0.29, 0.717) is 0 Å². The smallest absolute Gasteiger partial charge is 0.0112 e. The Balaban J connectivity index is 0.000000258. The average molecular weight is 819 g/mol. The van der Waals surface area contributed by atoms with E-state index < -0.39 is 0 Å². The molecule has 2 aromatic rings. The van der Waals surface area contributed by atoms with Crippen LogP contribution in [0, 0.1) is 0 Å². The van der Waals surface area contributed by atoms with E-state index in [2.05, 4.69) is 73.9 Å². The van der Waals surface area contributed by atoms with Gasteiger partial charge in [0.15, 0.2) is 0 Å². The topological polar surface area (TPSA) is 0 Å². The molecule has 2 aromatic carbocycles. The SMILES string of the molecule is C1=CCCCCCCCCCC1.C1=CCCCCCCCCCC1.C1=CCCCCCCCCCC1.C1=CCCCCCCCCCC1.C=c1ccc(=C)c2ccccc12. The van der Waals surface area contributed by atoms with Crippen molar-refractivity contribution in [1.29, 1.82) is 0 Å². The van der Waals surface area contributed by atoms with Gasteiger partial charge in [0.25, 0.3) is 0 Å². The van der Waals surface area contributed by atoms with E-state index >= 15 is 0 Å². The summed E-state index contributed by atoms with van der Waals surface area (Å²) in [6.45, 7) is 7.92. The quantitative estimate of drug-likeness (QED) is 0.232. The lowest BCUT2D eigenvalue weighted by Crippen LogP contribution is -2.07. The molecule has 4 aliphatic rings.